The van der Waals surface area contributed by atoms with Crippen LogP contribution in [0.25, 0.3) is 0 Å². The summed E-state index contributed by atoms with van der Waals surface area (Å²) in [5, 5.41) is 0. The van der Waals surface area contributed by atoms with Gasteiger partial charge >= 0.3 is 5.97 Å². The number of esters is 1. The summed E-state index contributed by atoms with van der Waals surface area (Å²) in [5.41, 5.74) is 6.48. The summed E-state index contributed by atoms with van der Waals surface area (Å²) in [6, 6.07) is 5.40. The molecule has 1 unspecified atom stereocenters. The van der Waals surface area contributed by atoms with Gasteiger partial charge in [0.1, 0.15) is 5.75 Å². The fourth-order valence-electron chi connectivity index (χ4n) is 1.20. The lowest BCUT2D eigenvalue weighted by atomic mass is 10.2. The van der Waals surface area contributed by atoms with Crippen LogP contribution in [0.2, 0.25) is 0 Å². The van der Waals surface area contributed by atoms with E-state index in [0.717, 1.165) is 10.0 Å². The molecule has 1 aromatic rings. The molecule has 0 heterocycles. The quantitative estimate of drug-likeness (QED) is 0.859. The molecule has 0 amide bonds. The van der Waals surface area contributed by atoms with Crippen molar-refractivity contribution >= 4 is 21.9 Å². The van der Waals surface area contributed by atoms with Crippen molar-refractivity contribution in [3.05, 3.63) is 28.2 Å². The SMILES string of the molecule is COC(=O)C(C)Oc1ccc(Br)c(CN)c1. The lowest BCUT2D eigenvalue weighted by molar-refractivity contribution is -0.147. The first-order valence-electron chi connectivity index (χ1n) is 4.81. The van der Waals surface area contributed by atoms with Crippen molar-refractivity contribution in [2.24, 2.45) is 5.73 Å². The molecule has 0 saturated heterocycles. The Labute approximate surface area is 103 Å². The van der Waals surface area contributed by atoms with Gasteiger partial charge < -0.3 is 15.2 Å². The summed E-state index contributed by atoms with van der Waals surface area (Å²) in [5.74, 6) is 0.193. The molecule has 1 rings (SSSR count). The average molecular weight is 288 g/mol. The zero-order valence-electron chi connectivity index (χ0n) is 9.20. The van der Waals surface area contributed by atoms with Crippen LogP contribution < -0.4 is 10.5 Å². The highest BCUT2D eigenvalue weighted by Crippen LogP contribution is 2.23. The second kappa shape index (κ2) is 5.86. The Kier molecular flexibility index (Phi) is 4.76. The maximum Gasteiger partial charge on any atom is 0.346 e. The molecule has 0 bridgehead atoms. The van der Waals surface area contributed by atoms with E-state index >= 15 is 0 Å². The molecule has 1 aromatic carbocycles. The second-order valence-electron chi connectivity index (χ2n) is 3.24. The fraction of sp³-hybridized carbons (Fsp3) is 0.364. The summed E-state index contributed by atoms with van der Waals surface area (Å²) >= 11 is 3.37. The molecule has 0 aliphatic heterocycles. The topological polar surface area (TPSA) is 61.5 Å². The van der Waals surface area contributed by atoms with Crippen LogP contribution in [0.1, 0.15) is 12.5 Å². The fourth-order valence-corrected chi connectivity index (χ4v) is 1.61. The van der Waals surface area contributed by atoms with Gasteiger partial charge in [0.15, 0.2) is 6.10 Å². The highest BCUT2D eigenvalue weighted by atomic mass is 79.9. The van der Waals surface area contributed by atoms with Crippen molar-refractivity contribution in [2.75, 3.05) is 7.11 Å². The first-order valence-corrected chi connectivity index (χ1v) is 5.60. The van der Waals surface area contributed by atoms with Gasteiger partial charge in [-0.2, -0.15) is 0 Å². The molecule has 0 spiro atoms. The number of nitrogens with two attached hydrogens (primary N) is 1. The van der Waals surface area contributed by atoms with Crippen LogP contribution in [-0.2, 0) is 16.1 Å². The summed E-state index contributed by atoms with van der Waals surface area (Å²) in [6.07, 6.45) is -0.628. The lowest BCUT2D eigenvalue weighted by Crippen LogP contribution is -2.24. The number of hydrogen-bond acceptors (Lipinski definition) is 4. The monoisotopic (exact) mass is 287 g/mol. The summed E-state index contributed by atoms with van der Waals surface area (Å²) in [6.45, 7) is 2.04. The standard InChI is InChI=1S/C11H14BrNO3/c1-7(11(14)15-2)16-9-3-4-10(12)8(5-9)6-13/h3-5,7H,6,13H2,1-2H3. The average Bonchev–Trinajstić information content (AvgIpc) is 2.30. The van der Waals surface area contributed by atoms with Crippen molar-refractivity contribution in [1.29, 1.82) is 0 Å². The summed E-state index contributed by atoms with van der Waals surface area (Å²) < 4.78 is 10.9. The highest BCUT2D eigenvalue weighted by Gasteiger charge is 2.15. The number of benzene rings is 1. The van der Waals surface area contributed by atoms with E-state index in [0.29, 0.717) is 12.3 Å². The van der Waals surface area contributed by atoms with Crippen molar-refractivity contribution < 1.29 is 14.3 Å². The number of carbonyl (C=O) groups excluding carboxylic acids is 1. The van der Waals surface area contributed by atoms with E-state index in [2.05, 4.69) is 20.7 Å². The molecule has 0 aliphatic carbocycles. The number of methoxy groups -OCH3 is 1. The third kappa shape index (κ3) is 3.21. The second-order valence-corrected chi connectivity index (χ2v) is 4.09. The number of hydrogen-bond donors (Lipinski definition) is 1. The first kappa shape index (κ1) is 13.0. The molecule has 88 valence electrons. The minimum atomic E-state index is -0.628. The van der Waals surface area contributed by atoms with Crippen LogP contribution >= 0.6 is 15.9 Å². The van der Waals surface area contributed by atoms with Gasteiger partial charge in [0.05, 0.1) is 7.11 Å². The van der Waals surface area contributed by atoms with E-state index < -0.39 is 12.1 Å². The van der Waals surface area contributed by atoms with Gasteiger partial charge in [-0.05, 0) is 30.7 Å². The normalized spacial score (nSPS) is 12.0. The molecule has 16 heavy (non-hydrogen) atoms. The Bertz CT molecular complexity index is 381. The molecular weight excluding hydrogens is 274 g/mol. The van der Waals surface area contributed by atoms with Crippen molar-refractivity contribution in [3.8, 4) is 5.75 Å². The summed E-state index contributed by atoms with van der Waals surface area (Å²) in [4.78, 5) is 11.2. The van der Waals surface area contributed by atoms with Gasteiger partial charge in [0.25, 0.3) is 0 Å². The Morgan fingerprint density at radius 3 is 2.81 bits per heavy atom. The molecule has 0 radical (unpaired) electrons. The van der Waals surface area contributed by atoms with Crippen molar-refractivity contribution in [3.63, 3.8) is 0 Å². The molecule has 4 nitrogen and oxygen atoms in total. The molecule has 5 heteroatoms. The number of rotatable bonds is 4. The van der Waals surface area contributed by atoms with Crippen LogP contribution in [0, 0.1) is 0 Å². The first-order chi connectivity index (χ1) is 7.58. The molecule has 0 aliphatic rings. The van der Waals surface area contributed by atoms with E-state index in [9.17, 15) is 4.79 Å². The third-order valence-electron chi connectivity index (χ3n) is 2.08. The Morgan fingerprint density at radius 1 is 1.56 bits per heavy atom. The number of ether oxygens (including phenoxy) is 2. The van der Waals surface area contributed by atoms with E-state index in [-0.39, 0.29) is 0 Å². The minimum absolute atomic E-state index is 0.405. The van der Waals surface area contributed by atoms with E-state index in [1.165, 1.54) is 7.11 Å². The molecule has 0 aromatic heterocycles. The zero-order valence-corrected chi connectivity index (χ0v) is 10.8. The molecule has 0 saturated carbocycles. The molecule has 0 fully saturated rings. The van der Waals surface area contributed by atoms with Gasteiger partial charge in [-0.25, -0.2) is 4.79 Å². The lowest BCUT2D eigenvalue weighted by Gasteiger charge is -2.13. The Morgan fingerprint density at radius 2 is 2.25 bits per heavy atom. The maximum absolute atomic E-state index is 11.2. The molecule has 1 atom stereocenters. The molecule has 2 N–H and O–H groups in total. The van der Waals surface area contributed by atoms with E-state index in [1.54, 1.807) is 19.1 Å². The number of carbonyl (C=O) groups is 1. The van der Waals surface area contributed by atoms with Crippen LogP contribution in [0.3, 0.4) is 0 Å². The van der Waals surface area contributed by atoms with E-state index in [4.69, 9.17) is 10.5 Å². The van der Waals surface area contributed by atoms with Crippen molar-refractivity contribution in [2.45, 2.75) is 19.6 Å². The van der Waals surface area contributed by atoms with Gasteiger partial charge in [0, 0.05) is 11.0 Å². The largest absolute Gasteiger partial charge is 0.479 e. The third-order valence-corrected chi connectivity index (χ3v) is 2.86. The van der Waals surface area contributed by atoms with Crippen LogP contribution in [0.15, 0.2) is 22.7 Å². The highest BCUT2D eigenvalue weighted by molar-refractivity contribution is 9.10. The Balaban J connectivity index is 2.78. The predicted octanol–water partition coefficient (Wildman–Crippen LogP) is 1.85. The minimum Gasteiger partial charge on any atom is -0.479 e. The smallest absolute Gasteiger partial charge is 0.346 e. The zero-order chi connectivity index (χ0) is 12.1. The predicted molar refractivity (Wildman–Crippen MR) is 64.1 cm³/mol. The maximum atomic E-state index is 11.2. The van der Waals surface area contributed by atoms with Crippen LogP contribution in [0.4, 0.5) is 0 Å². The van der Waals surface area contributed by atoms with E-state index in [1.807, 2.05) is 6.07 Å². The van der Waals surface area contributed by atoms with Crippen molar-refractivity contribution in [1.82, 2.24) is 0 Å². The molecular formula is C11H14BrNO3. The Hall–Kier alpha value is -1.07. The van der Waals surface area contributed by atoms with Gasteiger partial charge in [-0.1, -0.05) is 15.9 Å². The van der Waals surface area contributed by atoms with Gasteiger partial charge in [0.2, 0.25) is 0 Å². The van der Waals surface area contributed by atoms with Gasteiger partial charge in [-0.15, -0.1) is 0 Å². The van der Waals surface area contributed by atoms with Crippen LogP contribution in [0.5, 0.6) is 5.75 Å². The van der Waals surface area contributed by atoms with Gasteiger partial charge in [-0.3, -0.25) is 0 Å². The number of halogens is 1. The van der Waals surface area contributed by atoms with Crippen LogP contribution in [-0.4, -0.2) is 19.2 Å². The summed E-state index contributed by atoms with van der Waals surface area (Å²) in [7, 11) is 1.33.